The van der Waals surface area contributed by atoms with Crippen LogP contribution in [0.2, 0.25) is 0 Å². The van der Waals surface area contributed by atoms with Gasteiger partial charge in [-0.3, -0.25) is 0 Å². The van der Waals surface area contributed by atoms with Crippen molar-refractivity contribution < 1.29 is 9.47 Å². The molecule has 0 aliphatic carbocycles. The third-order valence-electron chi connectivity index (χ3n) is 2.84. The Balaban J connectivity index is 2.10. The number of hydrogen-bond acceptors (Lipinski definition) is 3. The predicted octanol–water partition coefficient (Wildman–Crippen LogP) is 3.07. The first kappa shape index (κ1) is 11.9. The Morgan fingerprint density at radius 2 is 2.06 bits per heavy atom. The highest BCUT2D eigenvalue weighted by molar-refractivity contribution is 5.30. The SMILES string of the molecule is CC(C)Oc1ccc(C2OCCC2C#N)cc1. The van der Waals surface area contributed by atoms with Crippen LogP contribution in [-0.2, 0) is 4.74 Å². The van der Waals surface area contributed by atoms with Crippen LogP contribution in [0.3, 0.4) is 0 Å². The predicted molar refractivity (Wildman–Crippen MR) is 64.6 cm³/mol. The van der Waals surface area contributed by atoms with E-state index >= 15 is 0 Å². The van der Waals surface area contributed by atoms with Gasteiger partial charge < -0.3 is 9.47 Å². The molecule has 0 aromatic heterocycles. The number of hydrogen-bond donors (Lipinski definition) is 0. The summed E-state index contributed by atoms with van der Waals surface area (Å²) in [6.45, 7) is 4.67. The Hall–Kier alpha value is -1.53. The highest BCUT2D eigenvalue weighted by Crippen LogP contribution is 2.34. The summed E-state index contributed by atoms with van der Waals surface area (Å²) in [5, 5.41) is 9.02. The Kier molecular flexibility index (Phi) is 3.65. The van der Waals surface area contributed by atoms with E-state index in [0.29, 0.717) is 6.61 Å². The number of rotatable bonds is 3. The lowest BCUT2D eigenvalue weighted by Gasteiger charge is -2.15. The summed E-state index contributed by atoms with van der Waals surface area (Å²) >= 11 is 0. The summed E-state index contributed by atoms with van der Waals surface area (Å²) in [4.78, 5) is 0. The zero-order chi connectivity index (χ0) is 12.3. The van der Waals surface area contributed by atoms with Crippen molar-refractivity contribution in [1.82, 2.24) is 0 Å². The van der Waals surface area contributed by atoms with Crippen molar-refractivity contribution in [1.29, 1.82) is 5.26 Å². The smallest absolute Gasteiger partial charge is 0.119 e. The van der Waals surface area contributed by atoms with Crippen molar-refractivity contribution in [3.63, 3.8) is 0 Å². The van der Waals surface area contributed by atoms with Gasteiger partial charge >= 0.3 is 0 Å². The van der Waals surface area contributed by atoms with Gasteiger partial charge in [0.25, 0.3) is 0 Å². The third-order valence-corrected chi connectivity index (χ3v) is 2.84. The standard InChI is InChI=1S/C14H17NO2/c1-10(2)17-13-5-3-11(4-6-13)14-12(9-15)7-8-16-14/h3-6,10,12,14H,7-8H2,1-2H3. The van der Waals surface area contributed by atoms with Gasteiger partial charge in [0.1, 0.15) is 5.75 Å². The minimum atomic E-state index is -0.0758. The molecule has 17 heavy (non-hydrogen) atoms. The largest absolute Gasteiger partial charge is 0.491 e. The van der Waals surface area contributed by atoms with Crippen LogP contribution in [0.1, 0.15) is 31.9 Å². The van der Waals surface area contributed by atoms with E-state index < -0.39 is 0 Å². The molecular weight excluding hydrogens is 214 g/mol. The van der Waals surface area contributed by atoms with Gasteiger partial charge in [-0.25, -0.2) is 0 Å². The van der Waals surface area contributed by atoms with E-state index in [0.717, 1.165) is 17.7 Å². The number of nitrogens with zero attached hydrogens (tertiary/aromatic N) is 1. The molecule has 2 atom stereocenters. The van der Waals surface area contributed by atoms with E-state index in [2.05, 4.69) is 6.07 Å². The average Bonchev–Trinajstić information content (AvgIpc) is 2.77. The molecule has 1 aromatic carbocycles. The Bertz CT molecular complexity index is 405. The van der Waals surface area contributed by atoms with Gasteiger partial charge in [-0.1, -0.05) is 12.1 Å². The molecular formula is C14H17NO2. The topological polar surface area (TPSA) is 42.2 Å². The van der Waals surface area contributed by atoms with Crippen molar-refractivity contribution in [3.05, 3.63) is 29.8 Å². The fourth-order valence-electron chi connectivity index (χ4n) is 2.06. The van der Waals surface area contributed by atoms with Crippen molar-refractivity contribution >= 4 is 0 Å². The van der Waals surface area contributed by atoms with E-state index in [9.17, 15) is 0 Å². The molecule has 0 radical (unpaired) electrons. The van der Waals surface area contributed by atoms with E-state index in [-0.39, 0.29) is 18.1 Å². The van der Waals surface area contributed by atoms with E-state index in [1.165, 1.54) is 0 Å². The average molecular weight is 231 g/mol. The second-order valence-electron chi connectivity index (χ2n) is 4.55. The van der Waals surface area contributed by atoms with Crippen LogP contribution in [0.5, 0.6) is 5.75 Å². The molecule has 1 heterocycles. The molecule has 1 aliphatic heterocycles. The lowest BCUT2D eigenvalue weighted by Crippen LogP contribution is -2.07. The van der Waals surface area contributed by atoms with E-state index in [1.807, 2.05) is 38.1 Å². The molecule has 0 bridgehead atoms. The Morgan fingerprint density at radius 1 is 1.35 bits per heavy atom. The Labute approximate surface area is 102 Å². The highest BCUT2D eigenvalue weighted by Gasteiger charge is 2.29. The first-order chi connectivity index (χ1) is 8.20. The maximum Gasteiger partial charge on any atom is 0.119 e. The minimum Gasteiger partial charge on any atom is -0.491 e. The summed E-state index contributed by atoms with van der Waals surface area (Å²) in [7, 11) is 0. The fourth-order valence-corrected chi connectivity index (χ4v) is 2.06. The fraction of sp³-hybridized carbons (Fsp3) is 0.500. The minimum absolute atomic E-state index is 0.0214. The van der Waals surface area contributed by atoms with Gasteiger partial charge in [-0.2, -0.15) is 5.26 Å². The maximum atomic E-state index is 9.02. The van der Waals surface area contributed by atoms with Crippen molar-refractivity contribution in [2.24, 2.45) is 5.92 Å². The van der Waals surface area contributed by atoms with Crippen LogP contribution in [0.25, 0.3) is 0 Å². The lowest BCUT2D eigenvalue weighted by molar-refractivity contribution is 0.101. The molecule has 3 heteroatoms. The molecule has 1 aromatic rings. The number of benzene rings is 1. The maximum absolute atomic E-state index is 9.02. The Morgan fingerprint density at radius 3 is 2.65 bits per heavy atom. The quantitative estimate of drug-likeness (QED) is 0.802. The van der Waals surface area contributed by atoms with Gasteiger partial charge in [-0.15, -0.1) is 0 Å². The normalized spacial score (nSPS) is 23.6. The molecule has 2 unspecified atom stereocenters. The number of ether oxygens (including phenoxy) is 2. The van der Waals surface area contributed by atoms with Crippen LogP contribution in [-0.4, -0.2) is 12.7 Å². The zero-order valence-corrected chi connectivity index (χ0v) is 10.2. The molecule has 0 spiro atoms. The second-order valence-corrected chi connectivity index (χ2v) is 4.55. The molecule has 90 valence electrons. The van der Waals surface area contributed by atoms with Gasteiger partial charge in [0.2, 0.25) is 0 Å². The van der Waals surface area contributed by atoms with Crippen molar-refractivity contribution in [2.45, 2.75) is 32.5 Å². The highest BCUT2D eigenvalue weighted by atomic mass is 16.5. The van der Waals surface area contributed by atoms with E-state index in [1.54, 1.807) is 0 Å². The molecule has 0 N–H and O–H groups in total. The molecule has 1 aliphatic rings. The third kappa shape index (κ3) is 2.78. The van der Waals surface area contributed by atoms with Gasteiger partial charge in [0.05, 0.1) is 24.2 Å². The van der Waals surface area contributed by atoms with Crippen LogP contribution < -0.4 is 4.74 Å². The summed E-state index contributed by atoms with van der Waals surface area (Å²) in [6, 6.07) is 10.1. The summed E-state index contributed by atoms with van der Waals surface area (Å²) < 4.78 is 11.2. The molecule has 0 saturated carbocycles. The molecule has 3 nitrogen and oxygen atoms in total. The number of nitriles is 1. The van der Waals surface area contributed by atoms with Crippen LogP contribution in [0.15, 0.2) is 24.3 Å². The summed E-state index contributed by atoms with van der Waals surface area (Å²) in [5.41, 5.74) is 1.06. The van der Waals surface area contributed by atoms with Crippen LogP contribution >= 0.6 is 0 Å². The molecule has 1 saturated heterocycles. The molecule has 2 rings (SSSR count). The molecule has 0 amide bonds. The van der Waals surface area contributed by atoms with Crippen LogP contribution in [0.4, 0.5) is 0 Å². The molecule has 1 fully saturated rings. The zero-order valence-electron chi connectivity index (χ0n) is 10.2. The first-order valence-corrected chi connectivity index (χ1v) is 5.98. The van der Waals surface area contributed by atoms with Crippen molar-refractivity contribution in [2.75, 3.05) is 6.61 Å². The van der Waals surface area contributed by atoms with Gasteiger partial charge in [-0.05, 0) is 38.0 Å². The first-order valence-electron chi connectivity index (χ1n) is 5.98. The summed E-state index contributed by atoms with van der Waals surface area (Å²) in [6.07, 6.45) is 0.925. The van der Waals surface area contributed by atoms with Gasteiger partial charge in [0.15, 0.2) is 0 Å². The van der Waals surface area contributed by atoms with E-state index in [4.69, 9.17) is 14.7 Å². The second kappa shape index (κ2) is 5.20. The van der Waals surface area contributed by atoms with Crippen molar-refractivity contribution in [3.8, 4) is 11.8 Å². The lowest BCUT2D eigenvalue weighted by atomic mass is 9.97. The summed E-state index contributed by atoms with van der Waals surface area (Å²) in [5.74, 6) is 0.835. The monoisotopic (exact) mass is 231 g/mol. The van der Waals surface area contributed by atoms with Gasteiger partial charge in [0, 0.05) is 6.61 Å². The van der Waals surface area contributed by atoms with Crippen LogP contribution in [0, 0.1) is 17.2 Å².